The quantitative estimate of drug-likeness (QED) is 0.807. The van der Waals surface area contributed by atoms with E-state index >= 15 is 0 Å². The van der Waals surface area contributed by atoms with Crippen LogP contribution < -0.4 is 5.73 Å². The predicted octanol–water partition coefficient (Wildman–Crippen LogP) is 1.18. The van der Waals surface area contributed by atoms with Crippen LogP contribution in [0.3, 0.4) is 0 Å². The molecule has 2 aliphatic rings. The molecule has 0 radical (unpaired) electrons. The first-order valence-electron chi connectivity index (χ1n) is 6.72. The molecule has 2 atom stereocenters. The summed E-state index contributed by atoms with van der Waals surface area (Å²) in [4.78, 5) is 0. The monoisotopic (exact) mass is 260 g/mol. The van der Waals surface area contributed by atoms with Gasteiger partial charge < -0.3 is 5.73 Å². The van der Waals surface area contributed by atoms with Gasteiger partial charge >= 0.3 is 0 Å². The molecule has 2 rings (SSSR count). The molecule has 2 N–H and O–H groups in total. The molecule has 0 aromatic carbocycles. The van der Waals surface area contributed by atoms with Crippen LogP contribution in [0.2, 0.25) is 0 Å². The summed E-state index contributed by atoms with van der Waals surface area (Å²) in [6, 6.07) is 0.134. The molecule has 1 heterocycles. The molecule has 100 valence electrons. The second kappa shape index (κ2) is 5.24. The highest BCUT2D eigenvalue weighted by molar-refractivity contribution is 7.89. The fourth-order valence-electron chi connectivity index (χ4n) is 2.88. The Balaban J connectivity index is 1.90. The van der Waals surface area contributed by atoms with Gasteiger partial charge in [-0.1, -0.05) is 19.3 Å². The van der Waals surface area contributed by atoms with Gasteiger partial charge in [-0.05, 0) is 38.1 Å². The summed E-state index contributed by atoms with van der Waals surface area (Å²) in [5.41, 5.74) is 5.63. The third-order valence-electron chi connectivity index (χ3n) is 4.30. The number of hydrogen-bond acceptors (Lipinski definition) is 3. The van der Waals surface area contributed by atoms with Gasteiger partial charge in [0.25, 0.3) is 0 Å². The average molecular weight is 260 g/mol. The van der Waals surface area contributed by atoms with Crippen molar-refractivity contribution in [2.45, 2.75) is 45.1 Å². The Morgan fingerprint density at radius 2 is 2.00 bits per heavy atom. The first kappa shape index (κ1) is 13.3. The minimum absolute atomic E-state index is 0.134. The largest absolute Gasteiger partial charge is 0.330 e. The standard InChI is InChI=1S/C12H24N2O2S/c1-10-7-12(8-13)9-14(10)17(15,16)6-5-11-3-2-4-11/h10-12H,2-9,13H2,1H3. The topological polar surface area (TPSA) is 63.4 Å². The highest BCUT2D eigenvalue weighted by atomic mass is 32.2. The fourth-order valence-corrected chi connectivity index (χ4v) is 4.82. The lowest BCUT2D eigenvalue weighted by molar-refractivity contribution is 0.304. The lowest BCUT2D eigenvalue weighted by atomic mass is 9.84. The van der Waals surface area contributed by atoms with Crippen molar-refractivity contribution < 1.29 is 8.42 Å². The summed E-state index contributed by atoms with van der Waals surface area (Å²) in [6.07, 6.45) is 5.48. The third kappa shape index (κ3) is 3.01. The molecule has 4 nitrogen and oxygen atoms in total. The first-order valence-corrected chi connectivity index (χ1v) is 8.33. The molecule has 0 spiro atoms. The number of sulfonamides is 1. The van der Waals surface area contributed by atoms with E-state index in [0.29, 0.717) is 30.7 Å². The maximum atomic E-state index is 12.2. The van der Waals surface area contributed by atoms with Crippen LogP contribution in [0.25, 0.3) is 0 Å². The minimum Gasteiger partial charge on any atom is -0.330 e. The molecule has 0 aromatic rings. The Kier molecular flexibility index (Phi) is 4.10. The molecule has 1 saturated heterocycles. The number of nitrogens with zero attached hydrogens (tertiary/aromatic N) is 1. The van der Waals surface area contributed by atoms with Crippen LogP contribution >= 0.6 is 0 Å². The number of nitrogens with two attached hydrogens (primary N) is 1. The van der Waals surface area contributed by atoms with E-state index in [1.54, 1.807) is 4.31 Å². The van der Waals surface area contributed by atoms with E-state index in [2.05, 4.69) is 0 Å². The van der Waals surface area contributed by atoms with Gasteiger partial charge in [0, 0.05) is 12.6 Å². The summed E-state index contributed by atoms with van der Waals surface area (Å²) >= 11 is 0. The second-order valence-corrected chi connectivity index (χ2v) is 7.70. The molecule has 2 fully saturated rings. The van der Waals surface area contributed by atoms with Gasteiger partial charge in [-0.2, -0.15) is 4.31 Å². The Bertz CT molecular complexity index is 352. The summed E-state index contributed by atoms with van der Waals surface area (Å²) in [7, 11) is -3.05. The zero-order chi connectivity index (χ0) is 12.5. The van der Waals surface area contributed by atoms with Gasteiger partial charge in [-0.3, -0.25) is 0 Å². The summed E-state index contributed by atoms with van der Waals surface area (Å²) in [6.45, 7) is 3.22. The zero-order valence-electron chi connectivity index (χ0n) is 10.6. The lowest BCUT2D eigenvalue weighted by Gasteiger charge is -2.27. The first-order chi connectivity index (χ1) is 8.03. The van der Waals surface area contributed by atoms with Crippen molar-refractivity contribution in [2.24, 2.45) is 17.6 Å². The van der Waals surface area contributed by atoms with Crippen LogP contribution in [0.1, 0.15) is 39.0 Å². The van der Waals surface area contributed by atoms with Gasteiger partial charge in [0.05, 0.1) is 5.75 Å². The van der Waals surface area contributed by atoms with E-state index in [4.69, 9.17) is 5.73 Å². The minimum atomic E-state index is -3.05. The smallest absolute Gasteiger partial charge is 0.214 e. The predicted molar refractivity (Wildman–Crippen MR) is 69.1 cm³/mol. The Morgan fingerprint density at radius 1 is 1.29 bits per heavy atom. The van der Waals surface area contributed by atoms with E-state index in [1.807, 2.05) is 6.92 Å². The van der Waals surface area contributed by atoms with E-state index in [9.17, 15) is 8.42 Å². The van der Waals surface area contributed by atoms with Crippen molar-refractivity contribution in [1.82, 2.24) is 4.31 Å². The summed E-state index contributed by atoms with van der Waals surface area (Å²) in [5, 5.41) is 0. The van der Waals surface area contributed by atoms with Crippen molar-refractivity contribution in [2.75, 3.05) is 18.8 Å². The molecular formula is C12H24N2O2S. The molecule has 0 amide bonds. The molecule has 0 bridgehead atoms. The van der Waals surface area contributed by atoms with Crippen LogP contribution in [0.4, 0.5) is 0 Å². The highest BCUT2D eigenvalue weighted by Crippen LogP contribution is 2.31. The van der Waals surface area contributed by atoms with Crippen molar-refractivity contribution in [1.29, 1.82) is 0 Å². The molecule has 0 aromatic heterocycles. The zero-order valence-corrected chi connectivity index (χ0v) is 11.5. The van der Waals surface area contributed by atoms with Gasteiger partial charge in [-0.25, -0.2) is 8.42 Å². The van der Waals surface area contributed by atoms with Crippen LogP contribution in [0.15, 0.2) is 0 Å². The van der Waals surface area contributed by atoms with E-state index < -0.39 is 10.0 Å². The van der Waals surface area contributed by atoms with Crippen molar-refractivity contribution in [3.05, 3.63) is 0 Å². The molecule has 17 heavy (non-hydrogen) atoms. The van der Waals surface area contributed by atoms with Gasteiger partial charge in [0.1, 0.15) is 0 Å². The van der Waals surface area contributed by atoms with E-state index in [0.717, 1.165) is 12.8 Å². The van der Waals surface area contributed by atoms with Gasteiger partial charge in [0.15, 0.2) is 0 Å². The van der Waals surface area contributed by atoms with Gasteiger partial charge in [-0.15, -0.1) is 0 Å². The van der Waals surface area contributed by atoms with Crippen molar-refractivity contribution in [3.63, 3.8) is 0 Å². The molecule has 5 heteroatoms. The Morgan fingerprint density at radius 3 is 2.47 bits per heavy atom. The van der Waals surface area contributed by atoms with Crippen LogP contribution in [-0.4, -0.2) is 37.6 Å². The molecule has 1 saturated carbocycles. The van der Waals surface area contributed by atoms with E-state index in [1.165, 1.54) is 19.3 Å². The number of hydrogen-bond donors (Lipinski definition) is 1. The fraction of sp³-hybridized carbons (Fsp3) is 1.00. The summed E-state index contributed by atoms with van der Waals surface area (Å²) < 4.78 is 26.2. The van der Waals surface area contributed by atoms with Crippen LogP contribution in [-0.2, 0) is 10.0 Å². The van der Waals surface area contributed by atoms with E-state index in [-0.39, 0.29) is 6.04 Å². The van der Waals surface area contributed by atoms with Crippen molar-refractivity contribution >= 4 is 10.0 Å². The summed E-state index contributed by atoms with van der Waals surface area (Å²) in [5.74, 6) is 1.34. The van der Waals surface area contributed by atoms with Crippen LogP contribution in [0.5, 0.6) is 0 Å². The van der Waals surface area contributed by atoms with Crippen molar-refractivity contribution in [3.8, 4) is 0 Å². The molecular weight excluding hydrogens is 236 g/mol. The normalized spacial score (nSPS) is 31.6. The second-order valence-electron chi connectivity index (χ2n) is 5.66. The SMILES string of the molecule is CC1CC(CN)CN1S(=O)(=O)CCC1CCC1. The van der Waals surface area contributed by atoms with Crippen LogP contribution in [0, 0.1) is 11.8 Å². The Labute approximate surface area is 105 Å². The highest BCUT2D eigenvalue weighted by Gasteiger charge is 2.36. The Hall–Kier alpha value is -0.130. The maximum absolute atomic E-state index is 12.2. The third-order valence-corrected chi connectivity index (χ3v) is 6.28. The number of rotatable bonds is 5. The molecule has 2 unspecified atom stereocenters. The lowest BCUT2D eigenvalue weighted by Crippen LogP contribution is -2.37. The molecule has 1 aliphatic carbocycles. The van der Waals surface area contributed by atoms with Gasteiger partial charge in [0.2, 0.25) is 10.0 Å². The maximum Gasteiger partial charge on any atom is 0.214 e. The molecule has 1 aliphatic heterocycles. The average Bonchev–Trinajstić information content (AvgIpc) is 2.58.